The van der Waals surface area contributed by atoms with Crippen LogP contribution in [0.2, 0.25) is 0 Å². The molecule has 148 valence electrons. The minimum Gasteiger partial charge on any atom is -0.482 e. The van der Waals surface area contributed by atoms with Crippen molar-refractivity contribution < 1.29 is 14.3 Å². The topological polar surface area (TPSA) is 80.1 Å². The highest BCUT2D eigenvalue weighted by Crippen LogP contribution is 2.28. The number of Topliss-reactive ketones (excluding diaryl/α,β-unsaturated/α-hetero) is 1. The van der Waals surface area contributed by atoms with Gasteiger partial charge in [0.15, 0.2) is 6.61 Å². The molecule has 0 fully saturated rings. The Morgan fingerprint density at radius 1 is 0.867 bits per heavy atom. The highest BCUT2D eigenvalue weighted by Gasteiger charge is 2.18. The van der Waals surface area contributed by atoms with E-state index in [2.05, 4.69) is 15.5 Å². The van der Waals surface area contributed by atoms with Crippen molar-refractivity contribution in [1.29, 1.82) is 0 Å². The molecule has 0 radical (unpaired) electrons. The fourth-order valence-corrected chi connectivity index (χ4v) is 3.05. The van der Waals surface area contributed by atoms with Crippen LogP contribution in [0, 0.1) is 0 Å². The number of ether oxygens (including phenoxy) is 1. The van der Waals surface area contributed by atoms with Gasteiger partial charge in [-0.25, -0.2) is 0 Å². The van der Waals surface area contributed by atoms with Gasteiger partial charge in [-0.1, -0.05) is 60.7 Å². The van der Waals surface area contributed by atoms with E-state index in [9.17, 15) is 9.59 Å². The molecule has 1 heterocycles. The zero-order valence-corrected chi connectivity index (χ0v) is 16.3. The third-order valence-corrected chi connectivity index (χ3v) is 4.63. The maximum atomic E-state index is 13.1. The van der Waals surface area contributed by atoms with Crippen LogP contribution in [0.3, 0.4) is 0 Å². The van der Waals surface area contributed by atoms with Crippen LogP contribution >= 0.6 is 0 Å². The summed E-state index contributed by atoms with van der Waals surface area (Å²) in [4.78, 5) is 24.6. The Hall–Kier alpha value is -4.06. The maximum Gasteiger partial charge on any atom is 0.262 e. The number of rotatable bonds is 5. The van der Waals surface area contributed by atoms with Gasteiger partial charge < -0.3 is 10.1 Å². The molecule has 4 rings (SSSR count). The van der Waals surface area contributed by atoms with Gasteiger partial charge in [-0.15, -0.1) is 5.10 Å². The quantitative estimate of drug-likeness (QED) is 0.400. The molecule has 0 atom stereocenters. The first kappa shape index (κ1) is 19.3. The zero-order chi connectivity index (χ0) is 20.9. The van der Waals surface area contributed by atoms with Crippen molar-refractivity contribution in [2.75, 3.05) is 11.9 Å². The number of amides is 1. The summed E-state index contributed by atoms with van der Waals surface area (Å²) in [6.45, 7) is 1.80. The molecule has 0 bridgehead atoms. The molecule has 6 nitrogen and oxygen atoms in total. The minimum absolute atomic E-state index is 0.00570. The molecular weight excluding hydrogens is 378 g/mol. The van der Waals surface area contributed by atoms with Gasteiger partial charge in [-0.3, -0.25) is 9.59 Å². The van der Waals surface area contributed by atoms with Crippen LogP contribution in [0.4, 0.5) is 5.69 Å². The Bertz CT molecular complexity index is 1150. The number of hydrogen-bond acceptors (Lipinski definition) is 5. The lowest BCUT2D eigenvalue weighted by Gasteiger charge is -2.18. The summed E-state index contributed by atoms with van der Waals surface area (Å²) in [6, 6.07) is 23.6. The van der Waals surface area contributed by atoms with E-state index >= 15 is 0 Å². The zero-order valence-electron chi connectivity index (χ0n) is 16.3. The third-order valence-electron chi connectivity index (χ3n) is 4.63. The lowest BCUT2D eigenvalue weighted by Crippen LogP contribution is -2.25. The molecule has 0 spiro atoms. The van der Waals surface area contributed by atoms with Crippen LogP contribution in [-0.4, -0.2) is 29.7 Å². The Kier molecular flexibility index (Phi) is 5.48. The predicted molar refractivity (Wildman–Crippen MR) is 117 cm³/mol. The SMILES string of the molecule is C/C(=N/N=C(\C(=O)c1ccccc1)c1ccccc1)c1ccc2c(c1)NC(=O)CO2. The number of nitrogens with zero attached hydrogens (tertiary/aromatic N) is 2. The van der Waals surface area contributed by atoms with E-state index in [-0.39, 0.29) is 24.0 Å². The molecular formula is C24H19N3O3. The van der Waals surface area contributed by atoms with E-state index in [4.69, 9.17) is 4.74 Å². The molecule has 1 N–H and O–H groups in total. The normalized spacial score (nSPS) is 13.8. The van der Waals surface area contributed by atoms with E-state index in [0.717, 1.165) is 5.56 Å². The van der Waals surface area contributed by atoms with E-state index in [0.29, 0.717) is 28.3 Å². The number of hydrogen-bond donors (Lipinski definition) is 1. The lowest BCUT2D eigenvalue weighted by molar-refractivity contribution is -0.118. The summed E-state index contributed by atoms with van der Waals surface area (Å²) in [5.74, 6) is 0.204. The van der Waals surface area contributed by atoms with Gasteiger partial charge in [0.05, 0.1) is 11.4 Å². The van der Waals surface area contributed by atoms with Crippen LogP contribution in [-0.2, 0) is 4.79 Å². The second-order valence-corrected chi connectivity index (χ2v) is 6.74. The van der Waals surface area contributed by atoms with E-state index in [1.54, 1.807) is 31.2 Å². The van der Waals surface area contributed by atoms with E-state index < -0.39 is 0 Å². The molecule has 1 aliphatic rings. The summed E-state index contributed by atoms with van der Waals surface area (Å²) < 4.78 is 5.38. The largest absolute Gasteiger partial charge is 0.482 e. The van der Waals surface area contributed by atoms with Gasteiger partial charge in [0.2, 0.25) is 5.78 Å². The Labute approximate surface area is 173 Å². The summed E-state index contributed by atoms with van der Waals surface area (Å²) in [5, 5.41) is 11.4. The number of anilines is 1. The number of fused-ring (bicyclic) bond motifs is 1. The molecule has 1 amide bonds. The van der Waals surface area contributed by atoms with Gasteiger partial charge in [-0.05, 0) is 30.7 Å². The van der Waals surface area contributed by atoms with Crippen LogP contribution in [0.25, 0.3) is 0 Å². The standard InChI is InChI=1S/C24H19N3O3/c1-16(19-12-13-21-20(14-19)25-22(28)15-30-21)26-27-23(17-8-4-2-5-9-17)24(29)18-10-6-3-7-11-18/h2-14H,15H2,1H3,(H,25,28)/b26-16-,27-23-. The lowest BCUT2D eigenvalue weighted by atomic mass is 10.0. The van der Waals surface area contributed by atoms with Crippen molar-refractivity contribution in [2.24, 2.45) is 10.2 Å². The highest BCUT2D eigenvalue weighted by atomic mass is 16.5. The second-order valence-electron chi connectivity index (χ2n) is 6.74. The molecule has 6 heteroatoms. The first-order valence-electron chi connectivity index (χ1n) is 9.46. The Morgan fingerprint density at radius 3 is 2.23 bits per heavy atom. The number of ketones is 1. The Morgan fingerprint density at radius 2 is 1.53 bits per heavy atom. The summed E-state index contributed by atoms with van der Waals surface area (Å²) >= 11 is 0. The molecule has 1 aliphatic heterocycles. The average Bonchev–Trinajstić information content (AvgIpc) is 2.79. The van der Waals surface area contributed by atoms with Crippen molar-refractivity contribution in [2.45, 2.75) is 6.92 Å². The van der Waals surface area contributed by atoms with Crippen molar-refractivity contribution in [3.05, 3.63) is 95.6 Å². The van der Waals surface area contributed by atoms with E-state index in [1.807, 2.05) is 54.6 Å². The third kappa shape index (κ3) is 4.17. The number of nitrogens with one attached hydrogen (secondary N) is 1. The van der Waals surface area contributed by atoms with Crippen LogP contribution < -0.4 is 10.1 Å². The first-order chi connectivity index (χ1) is 14.6. The fraction of sp³-hybridized carbons (Fsp3) is 0.0833. The predicted octanol–water partition coefficient (Wildman–Crippen LogP) is 4.11. The van der Waals surface area contributed by atoms with Gasteiger partial charge in [-0.2, -0.15) is 5.10 Å². The highest BCUT2D eigenvalue weighted by molar-refractivity contribution is 6.51. The van der Waals surface area contributed by atoms with Crippen LogP contribution in [0.15, 0.2) is 89.1 Å². The molecule has 0 aromatic heterocycles. The minimum atomic E-state index is -0.204. The molecule has 0 unspecified atom stereocenters. The number of carbonyl (C=O) groups is 2. The molecule has 3 aromatic carbocycles. The smallest absolute Gasteiger partial charge is 0.262 e. The van der Waals surface area contributed by atoms with Crippen LogP contribution in [0.5, 0.6) is 5.75 Å². The Balaban J connectivity index is 1.70. The van der Waals surface area contributed by atoms with Crippen molar-refractivity contribution >= 4 is 28.8 Å². The van der Waals surface area contributed by atoms with Gasteiger partial charge in [0.1, 0.15) is 11.5 Å². The molecule has 30 heavy (non-hydrogen) atoms. The molecule has 0 saturated heterocycles. The molecule has 0 aliphatic carbocycles. The average molecular weight is 397 g/mol. The summed E-state index contributed by atoms with van der Waals surface area (Å²) in [7, 11) is 0. The van der Waals surface area contributed by atoms with Gasteiger partial charge in [0, 0.05) is 11.1 Å². The van der Waals surface area contributed by atoms with Crippen LogP contribution in [0.1, 0.15) is 28.4 Å². The summed E-state index contributed by atoms with van der Waals surface area (Å²) in [6.07, 6.45) is 0. The molecule has 3 aromatic rings. The monoisotopic (exact) mass is 397 g/mol. The van der Waals surface area contributed by atoms with Gasteiger partial charge >= 0.3 is 0 Å². The molecule has 0 saturated carbocycles. The second kappa shape index (κ2) is 8.53. The fourth-order valence-electron chi connectivity index (χ4n) is 3.05. The first-order valence-corrected chi connectivity index (χ1v) is 9.46. The van der Waals surface area contributed by atoms with Crippen molar-refractivity contribution in [3.63, 3.8) is 0 Å². The maximum absolute atomic E-state index is 13.1. The summed E-state index contributed by atoms with van der Waals surface area (Å²) in [5.41, 5.74) is 3.45. The van der Waals surface area contributed by atoms with Crippen molar-refractivity contribution in [3.8, 4) is 5.75 Å². The van der Waals surface area contributed by atoms with Crippen molar-refractivity contribution in [1.82, 2.24) is 0 Å². The number of benzene rings is 3. The number of carbonyl (C=O) groups excluding carboxylic acids is 2. The van der Waals surface area contributed by atoms with E-state index in [1.165, 1.54) is 0 Å². The van der Waals surface area contributed by atoms with Gasteiger partial charge in [0.25, 0.3) is 5.91 Å².